The van der Waals surface area contributed by atoms with Gasteiger partial charge in [-0.25, -0.2) is 0 Å². The summed E-state index contributed by atoms with van der Waals surface area (Å²) in [4.78, 5) is 10.5. The maximum atomic E-state index is 10.5. The molecule has 0 aliphatic rings. The fraction of sp³-hybridized carbons (Fsp3) is 0.0909. The monoisotopic (exact) mass is 236 g/mol. The molecule has 0 radical (unpaired) electrons. The predicted molar refractivity (Wildman–Crippen MR) is 60.4 cm³/mol. The molecule has 0 bridgehead atoms. The number of aromatic nitrogens is 2. The summed E-state index contributed by atoms with van der Waals surface area (Å²) in [6, 6.07) is 8.98. The van der Waals surface area contributed by atoms with Crippen molar-refractivity contribution in [2.75, 3.05) is 0 Å². The van der Waals surface area contributed by atoms with E-state index in [1.807, 2.05) is 18.2 Å². The van der Waals surface area contributed by atoms with Crippen molar-refractivity contribution in [1.29, 1.82) is 0 Å². The van der Waals surface area contributed by atoms with Crippen molar-refractivity contribution in [3.8, 4) is 11.3 Å². The lowest BCUT2D eigenvalue weighted by Gasteiger charge is -1.97. The van der Waals surface area contributed by atoms with E-state index in [1.165, 1.54) is 0 Å². The molecule has 0 aliphatic heterocycles. The number of carboxylic acids is 1. The second kappa shape index (κ2) is 4.37. The lowest BCUT2D eigenvalue weighted by molar-refractivity contribution is -0.136. The average Bonchev–Trinajstić information content (AvgIpc) is 2.66. The summed E-state index contributed by atoms with van der Waals surface area (Å²) in [5.41, 5.74) is 2.00. The van der Waals surface area contributed by atoms with E-state index in [4.69, 9.17) is 16.7 Å². The van der Waals surface area contributed by atoms with Gasteiger partial charge in [-0.2, -0.15) is 5.10 Å². The van der Waals surface area contributed by atoms with Gasteiger partial charge in [0, 0.05) is 11.3 Å². The molecular formula is C11H9ClN2O2. The topological polar surface area (TPSA) is 66.0 Å². The van der Waals surface area contributed by atoms with Gasteiger partial charge in [0.2, 0.25) is 0 Å². The molecule has 0 atom stereocenters. The molecule has 1 aromatic heterocycles. The largest absolute Gasteiger partial charge is 0.481 e. The van der Waals surface area contributed by atoms with E-state index in [-0.39, 0.29) is 6.42 Å². The quantitative estimate of drug-likeness (QED) is 0.860. The summed E-state index contributed by atoms with van der Waals surface area (Å²) in [5, 5.41) is 15.9. The standard InChI is InChI=1S/C11H9ClN2O2/c12-9-4-2-1-3-8(9)10-5-7(13-14-10)6-11(15)16/h1-5H,6H2,(H,13,14)(H,15,16). The van der Waals surface area contributed by atoms with E-state index in [1.54, 1.807) is 12.1 Å². The Kier molecular flexibility index (Phi) is 2.92. The highest BCUT2D eigenvalue weighted by molar-refractivity contribution is 6.33. The first kappa shape index (κ1) is 10.7. The highest BCUT2D eigenvalue weighted by atomic mass is 35.5. The van der Waals surface area contributed by atoms with E-state index < -0.39 is 5.97 Å². The van der Waals surface area contributed by atoms with Gasteiger partial charge in [0.15, 0.2) is 0 Å². The first-order valence-corrected chi connectivity index (χ1v) is 5.05. The molecule has 0 amide bonds. The Morgan fingerprint density at radius 2 is 2.19 bits per heavy atom. The molecule has 4 nitrogen and oxygen atoms in total. The Labute approximate surface area is 96.9 Å². The van der Waals surface area contributed by atoms with Crippen LogP contribution < -0.4 is 0 Å². The molecule has 0 saturated carbocycles. The van der Waals surface area contributed by atoms with Gasteiger partial charge < -0.3 is 5.11 Å². The Morgan fingerprint density at radius 1 is 1.44 bits per heavy atom. The number of rotatable bonds is 3. The molecule has 0 unspecified atom stereocenters. The zero-order chi connectivity index (χ0) is 11.5. The number of halogens is 1. The van der Waals surface area contributed by atoms with Crippen LogP contribution in [0.4, 0.5) is 0 Å². The first-order valence-electron chi connectivity index (χ1n) is 4.68. The molecular weight excluding hydrogens is 228 g/mol. The number of carbonyl (C=O) groups is 1. The van der Waals surface area contributed by atoms with Crippen molar-refractivity contribution < 1.29 is 9.90 Å². The fourth-order valence-corrected chi connectivity index (χ4v) is 1.65. The summed E-state index contributed by atoms with van der Waals surface area (Å²) >= 11 is 6.00. The van der Waals surface area contributed by atoms with Crippen molar-refractivity contribution >= 4 is 17.6 Å². The van der Waals surface area contributed by atoms with Gasteiger partial charge in [-0.05, 0) is 12.1 Å². The second-order valence-corrected chi connectivity index (χ2v) is 3.74. The van der Waals surface area contributed by atoms with Gasteiger partial charge in [0.1, 0.15) is 0 Å². The molecule has 1 heterocycles. The van der Waals surface area contributed by atoms with Crippen LogP contribution >= 0.6 is 11.6 Å². The van der Waals surface area contributed by atoms with Crippen LogP contribution in [0.5, 0.6) is 0 Å². The SMILES string of the molecule is O=C(O)Cc1cc(-c2ccccc2Cl)n[nH]1. The minimum Gasteiger partial charge on any atom is -0.481 e. The van der Waals surface area contributed by atoms with Crippen molar-refractivity contribution in [2.24, 2.45) is 0 Å². The zero-order valence-corrected chi connectivity index (χ0v) is 9.03. The van der Waals surface area contributed by atoms with Crippen LogP contribution in [0.2, 0.25) is 5.02 Å². The third-order valence-electron chi connectivity index (χ3n) is 2.12. The lowest BCUT2D eigenvalue weighted by atomic mass is 10.1. The fourth-order valence-electron chi connectivity index (χ4n) is 1.42. The van der Waals surface area contributed by atoms with Crippen molar-refractivity contribution in [3.05, 3.63) is 41.0 Å². The summed E-state index contributed by atoms with van der Waals surface area (Å²) in [7, 11) is 0. The molecule has 2 N–H and O–H groups in total. The lowest BCUT2D eigenvalue weighted by Crippen LogP contribution is -1.99. The molecule has 0 spiro atoms. The minimum absolute atomic E-state index is 0.0720. The Hall–Kier alpha value is -1.81. The van der Waals surface area contributed by atoms with Crippen molar-refractivity contribution in [2.45, 2.75) is 6.42 Å². The van der Waals surface area contributed by atoms with Gasteiger partial charge in [0.05, 0.1) is 17.1 Å². The number of carboxylic acid groups (broad SMARTS) is 1. The maximum absolute atomic E-state index is 10.5. The molecule has 16 heavy (non-hydrogen) atoms. The van der Waals surface area contributed by atoms with Gasteiger partial charge in [-0.3, -0.25) is 9.89 Å². The van der Waals surface area contributed by atoms with Crippen LogP contribution in [0.15, 0.2) is 30.3 Å². The summed E-state index contributed by atoms with van der Waals surface area (Å²) < 4.78 is 0. The Morgan fingerprint density at radius 3 is 2.88 bits per heavy atom. The average molecular weight is 237 g/mol. The first-order chi connectivity index (χ1) is 7.66. The van der Waals surface area contributed by atoms with E-state index in [2.05, 4.69) is 10.2 Å². The molecule has 82 valence electrons. The van der Waals surface area contributed by atoms with E-state index in [9.17, 15) is 4.79 Å². The van der Waals surface area contributed by atoms with Crippen LogP contribution in [0.25, 0.3) is 11.3 Å². The number of hydrogen-bond acceptors (Lipinski definition) is 2. The Balaban J connectivity index is 2.32. The molecule has 5 heteroatoms. The van der Waals surface area contributed by atoms with Gasteiger partial charge in [0.25, 0.3) is 0 Å². The van der Waals surface area contributed by atoms with Crippen LogP contribution in [-0.2, 0) is 11.2 Å². The maximum Gasteiger partial charge on any atom is 0.309 e. The van der Waals surface area contributed by atoms with Crippen LogP contribution in [0.1, 0.15) is 5.69 Å². The summed E-state index contributed by atoms with van der Waals surface area (Å²) in [6.07, 6.45) is -0.0720. The highest BCUT2D eigenvalue weighted by Gasteiger charge is 2.08. The van der Waals surface area contributed by atoms with Gasteiger partial charge in [-0.15, -0.1) is 0 Å². The zero-order valence-electron chi connectivity index (χ0n) is 8.27. The smallest absolute Gasteiger partial charge is 0.309 e. The minimum atomic E-state index is -0.894. The number of nitrogens with one attached hydrogen (secondary N) is 1. The normalized spacial score (nSPS) is 10.3. The summed E-state index contributed by atoms with van der Waals surface area (Å²) in [6.45, 7) is 0. The molecule has 1 aromatic carbocycles. The number of H-pyrrole nitrogens is 1. The Bertz CT molecular complexity index is 522. The van der Waals surface area contributed by atoms with Crippen molar-refractivity contribution in [3.63, 3.8) is 0 Å². The van der Waals surface area contributed by atoms with Gasteiger partial charge >= 0.3 is 5.97 Å². The summed E-state index contributed by atoms with van der Waals surface area (Å²) in [5.74, 6) is -0.894. The molecule has 0 saturated heterocycles. The second-order valence-electron chi connectivity index (χ2n) is 3.33. The van der Waals surface area contributed by atoms with Gasteiger partial charge in [-0.1, -0.05) is 29.8 Å². The van der Waals surface area contributed by atoms with Crippen LogP contribution in [-0.4, -0.2) is 21.3 Å². The van der Waals surface area contributed by atoms with E-state index >= 15 is 0 Å². The molecule has 2 rings (SSSR count). The third kappa shape index (κ3) is 2.23. The van der Waals surface area contributed by atoms with Crippen molar-refractivity contribution in [1.82, 2.24) is 10.2 Å². The number of aliphatic carboxylic acids is 1. The molecule has 0 fully saturated rings. The third-order valence-corrected chi connectivity index (χ3v) is 2.45. The van der Waals surface area contributed by atoms with Crippen LogP contribution in [0.3, 0.4) is 0 Å². The van der Waals surface area contributed by atoms with E-state index in [0.29, 0.717) is 16.4 Å². The number of benzene rings is 1. The van der Waals surface area contributed by atoms with Crippen LogP contribution in [0, 0.1) is 0 Å². The molecule has 0 aliphatic carbocycles. The number of aromatic amines is 1. The highest BCUT2D eigenvalue weighted by Crippen LogP contribution is 2.26. The number of hydrogen-bond donors (Lipinski definition) is 2. The van der Waals surface area contributed by atoms with E-state index in [0.717, 1.165) is 5.56 Å². The predicted octanol–water partition coefficient (Wildman–Crippen LogP) is 2.36. The molecule has 2 aromatic rings. The number of nitrogens with zero attached hydrogens (tertiary/aromatic N) is 1.